The number of anilines is 1. The third-order valence-electron chi connectivity index (χ3n) is 3.56. The highest BCUT2D eigenvalue weighted by Crippen LogP contribution is 2.16. The van der Waals surface area contributed by atoms with E-state index in [2.05, 4.69) is 10.6 Å². The summed E-state index contributed by atoms with van der Waals surface area (Å²) < 4.78 is 5.60. The number of amides is 1. The van der Waals surface area contributed by atoms with E-state index in [1.807, 2.05) is 62.4 Å². The smallest absolute Gasteiger partial charge is 0.221 e. The first kappa shape index (κ1) is 19.1. The summed E-state index contributed by atoms with van der Waals surface area (Å²) in [5.74, 6) is 0.890. The molecule has 0 saturated carbocycles. The van der Waals surface area contributed by atoms with E-state index < -0.39 is 0 Å². The number of rotatable bonds is 9. The van der Waals surface area contributed by atoms with Crippen LogP contribution in [0.25, 0.3) is 0 Å². The summed E-state index contributed by atoms with van der Waals surface area (Å²) in [4.78, 5) is 11.9. The third kappa shape index (κ3) is 7.48. The van der Waals surface area contributed by atoms with Gasteiger partial charge in [-0.3, -0.25) is 4.79 Å². The zero-order valence-corrected chi connectivity index (χ0v) is 15.5. The van der Waals surface area contributed by atoms with Gasteiger partial charge in [-0.25, -0.2) is 0 Å². The molecule has 0 aliphatic carbocycles. The predicted molar refractivity (Wildman–Crippen MR) is 103 cm³/mol. The van der Waals surface area contributed by atoms with Gasteiger partial charge in [-0.1, -0.05) is 23.7 Å². The fraction of sp³-hybridized carbons (Fsp3) is 0.350. The van der Waals surface area contributed by atoms with Crippen LogP contribution >= 0.6 is 11.6 Å². The molecule has 2 N–H and O–H groups in total. The van der Waals surface area contributed by atoms with Gasteiger partial charge in [0.2, 0.25) is 5.91 Å². The fourth-order valence-corrected chi connectivity index (χ4v) is 2.46. The minimum atomic E-state index is 0.0428. The first-order valence-corrected chi connectivity index (χ1v) is 8.92. The molecule has 2 aromatic carbocycles. The van der Waals surface area contributed by atoms with Crippen LogP contribution in [0.1, 0.15) is 25.8 Å². The lowest BCUT2D eigenvalue weighted by molar-refractivity contribution is -0.120. The second-order valence-electron chi connectivity index (χ2n) is 6.09. The van der Waals surface area contributed by atoms with Crippen LogP contribution in [-0.4, -0.2) is 25.1 Å². The average molecular weight is 361 g/mol. The molecule has 0 saturated heterocycles. The van der Waals surface area contributed by atoms with Gasteiger partial charge in [0.05, 0.1) is 6.10 Å². The summed E-state index contributed by atoms with van der Waals surface area (Å²) in [5.41, 5.74) is 2.14. The number of carbonyl (C=O) groups is 1. The topological polar surface area (TPSA) is 50.4 Å². The van der Waals surface area contributed by atoms with Gasteiger partial charge in [0.1, 0.15) is 5.75 Å². The lowest BCUT2D eigenvalue weighted by atomic mass is 10.1. The Morgan fingerprint density at radius 3 is 2.36 bits per heavy atom. The van der Waals surface area contributed by atoms with Crippen LogP contribution < -0.4 is 15.4 Å². The van der Waals surface area contributed by atoms with E-state index in [9.17, 15) is 4.79 Å². The molecular weight excluding hydrogens is 336 g/mol. The normalized spacial score (nSPS) is 10.6. The molecule has 25 heavy (non-hydrogen) atoms. The molecule has 0 fully saturated rings. The summed E-state index contributed by atoms with van der Waals surface area (Å²) in [6.45, 7) is 5.22. The van der Waals surface area contributed by atoms with Crippen molar-refractivity contribution in [2.24, 2.45) is 0 Å². The first-order valence-electron chi connectivity index (χ1n) is 8.54. The minimum Gasteiger partial charge on any atom is -0.491 e. The van der Waals surface area contributed by atoms with Crippen molar-refractivity contribution in [3.63, 3.8) is 0 Å². The minimum absolute atomic E-state index is 0.0428. The molecule has 0 aromatic heterocycles. The summed E-state index contributed by atoms with van der Waals surface area (Å²) in [6.07, 6.45) is 1.40. The predicted octanol–water partition coefficient (Wildman–Crippen LogP) is 4.29. The molecule has 0 atom stereocenters. The number of ether oxygens (including phenoxy) is 1. The number of hydrogen-bond acceptors (Lipinski definition) is 3. The van der Waals surface area contributed by atoms with Crippen molar-refractivity contribution in [3.8, 4) is 5.75 Å². The lowest BCUT2D eigenvalue weighted by Gasteiger charge is -2.11. The van der Waals surface area contributed by atoms with Crippen molar-refractivity contribution in [1.82, 2.24) is 5.32 Å². The Kier molecular flexibility index (Phi) is 7.61. The van der Waals surface area contributed by atoms with Gasteiger partial charge >= 0.3 is 0 Å². The Balaban J connectivity index is 1.62. The van der Waals surface area contributed by atoms with Crippen LogP contribution in [-0.2, 0) is 11.2 Å². The molecule has 4 nitrogen and oxygen atoms in total. The Morgan fingerprint density at radius 2 is 1.72 bits per heavy atom. The van der Waals surface area contributed by atoms with E-state index in [1.54, 1.807) is 0 Å². The zero-order chi connectivity index (χ0) is 18.1. The van der Waals surface area contributed by atoms with Gasteiger partial charge in [0.25, 0.3) is 0 Å². The Labute approximate surface area is 154 Å². The van der Waals surface area contributed by atoms with Gasteiger partial charge in [-0.2, -0.15) is 0 Å². The molecular formula is C20H25ClN2O2. The number of hydrogen-bond donors (Lipinski definition) is 2. The van der Waals surface area contributed by atoms with Crippen LogP contribution in [0.15, 0.2) is 48.5 Å². The molecule has 0 unspecified atom stereocenters. The molecule has 0 bridgehead atoms. The average Bonchev–Trinajstić information content (AvgIpc) is 2.58. The van der Waals surface area contributed by atoms with Crippen LogP contribution in [0.5, 0.6) is 5.75 Å². The molecule has 2 aromatic rings. The van der Waals surface area contributed by atoms with Crippen LogP contribution in [0.2, 0.25) is 5.02 Å². The van der Waals surface area contributed by atoms with E-state index in [-0.39, 0.29) is 12.0 Å². The van der Waals surface area contributed by atoms with E-state index in [1.165, 1.54) is 0 Å². The summed E-state index contributed by atoms with van der Waals surface area (Å²) in [7, 11) is 0. The SMILES string of the molecule is CC(C)Oc1ccc(NCCC(=O)NCCc2ccc(Cl)cc2)cc1. The maximum Gasteiger partial charge on any atom is 0.221 e. The molecule has 1 amide bonds. The van der Waals surface area contributed by atoms with E-state index in [4.69, 9.17) is 16.3 Å². The summed E-state index contributed by atoms with van der Waals surface area (Å²) in [6, 6.07) is 15.4. The molecule has 134 valence electrons. The first-order chi connectivity index (χ1) is 12.0. The second-order valence-corrected chi connectivity index (χ2v) is 6.53. The third-order valence-corrected chi connectivity index (χ3v) is 3.81. The second kappa shape index (κ2) is 9.94. The number of benzene rings is 2. The van der Waals surface area contributed by atoms with Crippen molar-refractivity contribution >= 4 is 23.2 Å². The van der Waals surface area contributed by atoms with Crippen LogP contribution in [0.3, 0.4) is 0 Å². The Morgan fingerprint density at radius 1 is 1.04 bits per heavy atom. The van der Waals surface area contributed by atoms with Crippen molar-refractivity contribution < 1.29 is 9.53 Å². The van der Waals surface area contributed by atoms with E-state index >= 15 is 0 Å². The van der Waals surface area contributed by atoms with Gasteiger partial charge in [-0.15, -0.1) is 0 Å². The fourth-order valence-electron chi connectivity index (χ4n) is 2.33. The van der Waals surface area contributed by atoms with Gasteiger partial charge < -0.3 is 15.4 Å². The maximum atomic E-state index is 11.9. The van der Waals surface area contributed by atoms with Crippen molar-refractivity contribution in [1.29, 1.82) is 0 Å². The van der Waals surface area contributed by atoms with Gasteiger partial charge in [-0.05, 0) is 62.2 Å². The molecule has 0 aliphatic heterocycles. The molecule has 2 rings (SSSR count). The quantitative estimate of drug-likeness (QED) is 0.701. The van der Waals surface area contributed by atoms with Gasteiger partial charge in [0.15, 0.2) is 0 Å². The highest BCUT2D eigenvalue weighted by atomic mass is 35.5. The monoisotopic (exact) mass is 360 g/mol. The largest absolute Gasteiger partial charge is 0.491 e. The molecule has 5 heteroatoms. The summed E-state index contributed by atoms with van der Waals surface area (Å²) >= 11 is 5.85. The molecule has 0 radical (unpaired) electrons. The molecule has 0 aliphatic rings. The Bertz CT molecular complexity index is 654. The van der Waals surface area contributed by atoms with Crippen LogP contribution in [0.4, 0.5) is 5.69 Å². The Hall–Kier alpha value is -2.20. The van der Waals surface area contributed by atoms with Crippen LogP contribution in [0, 0.1) is 0 Å². The van der Waals surface area contributed by atoms with E-state index in [0.29, 0.717) is 19.5 Å². The zero-order valence-electron chi connectivity index (χ0n) is 14.7. The number of halogens is 1. The van der Waals surface area contributed by atoms with Crippen molar-refractivity contribution in [3.05, 3.63) is 59.1 Å². The highest BCUT2D eigenvalue weighted by Gasteiger charge is 2.02. The van der Waals surface area contributed by atoms with Gasteiger partial charge in [0, 0.05) is 30.2 Å². The highest BCUT2D eigenvalue weighted by molar-refractivity contribution is 6.30. The standard InChI is InChI=1S/C20H25ClN2O2/c1-15(2)25-19-9-7-18(8-10-19)22-14-12-20(24)23-13-11-16-3-5-17(21)6-4-16/h3-10,15,22H,11-14H2,1-2H3,(H,23,24). The lowest BCUT2D eigenvalue weighted by Crippen LogP contribution is -2.27. The maximum absolute atomic E-state index is 11.9. The van der Waals surface area contributed by atoms with E-state index in [0.717, 1.165) is 28.4 Å². The van der Waals surface area contributed by atoms with Crippen molar-refractivity contribution in [2.45, 2.75) is 32.8 Å². The molecule has 0 spiro atoms. The number of carbonyl (C=O) groups excluding carboxylic acids is 1. The molecule has 0 heterocycles. The number of nitrogens with one attached hydrogen (secondary N) is 2. The van der Waals surface area contributed by atoms with Crippen molar-refractivity contribution in [2.75, 3.05) is 18.4 Å². The summed E-state index contributed by atoms with van der Waals surface area (Å²) in [5, 5.41) is 6.89.